The van der Waals surface area contributed by atoms with E-state index in [9.17, 15) is 9.59 Å². The lowest BCUT2D eigenvalue weighted by Gasteiger charge is -2.19. The molecule has 2 aromatic carbocycles. The molecule has 0 spiro atoms. The van der Waals surface area contributed by atoms with E-state index in [0.29, 0.717) is 18.0 Å². The molecule has 0 saturated heterocycles. The number of nitrogens with one attached hydrogen (secondary N) is 1. The van der Waals surface area contributed by atoms with Crippen LogP contribution in [0.3, 0.4) is 0 Å². The lowest BCUT2D eigenvalue weighted by molar-refractivity contribution is -0.118. The minimum absolute atomic E-state index is 0.0351. The number of carbonyl (C=O) groups is 2. The Kier molecular flexibility index (Phi) is 4.85. The Hall–Kier alpha value is -2.34. The van der Waals surface area contributed by atoms with Gasteiger partial charge in [0, 0.05) is 17.9 Å². The number of hydrogen-bond donors (Lipinski definition) is 1. The minimum atomic E-state index is -0.269. The zero-order valence-electron chi connectivity index (χ0n) is 13.2. The molecule has 0 bridgehead atoms. The van der Waals surface area contributed by atoms with Crippen LogP contribution < -0.4 is 15.0 Å². The maximum Gasteiger partial charge on any atom is 0.262 e. The smallest absolute Gasteiger partial charge is 0.262 e. The molecular weight excluding hydrogens is 372 g/mol. The Bertz CT molecular complexity index is 777. The van der Waals surface area contributed by atoms with Gasteiger partial charge in [0.25, 0.3) is 5.91 Å². The monoisotopic (exact) mass is 388 g/mol. The maximum absolute atomic E-state index is 12.2. The van der Waals surface area contributed by atoms with Gasteiger partial charge in [0.05, 0.1) is 11.4 Å². The molecule has 6 heteroatoms. The predicted molar refractivity (Wildman–Crippen MR) is 96.4 cm³/mol. The number of fused-ring (bicyclic) bond motifs is 1. The van der Waals surface area contributed by atoms with Crippen LogP contribution in [0.4, 0.5) is 11.4 Å². The summed E-state index contributed by atoms with van der Waals surface area (Å²) in [6.07, 6.45) is 0.776. The van der Waals surface area contributed by atoms with Gasteiger partial charge in [-0.05, 0) is 36.2 Å². The van der Waals surface area contributed by atoms with Crippen LogP contribution in [-0.2, 0) is 16.0 Å². The van der Waals surface area contributed by atoms with Crippen LogP contribution in [0.1, 0.15) is 12.5 Å². The third-order valence-corrected chi connectivity index (χ3v) is 4.25. The van der Waals surface area contributed by atoms with Crippen molar-refractivity contribution in [2.75, 3.05) is 23.4 Å². The predicted octanol–water partition coefficient (Wildman–Crippen LogP) is 3.38. The average molecular weight is 389 g/mol. The normalized spacial score (nSPS) is 12.7. The lowest BCUT2D eigenvalue weighted by atomic mass is 10.1. The highest BCUT2D eigenvalue weighted by Crippen LogP contribution is 2.38. The first-order chi connectivity index (χ1) is 11.5. The average Bonchev–Trinajstić information content (AvgIpc) is 2.98. The van der Waals surface area contributed by atoms with Crippen molar-refractivity contribution in [1.82, 2.24) is 0 Å². The number of nitrogens with zero attached hydrogens (tertiary/aromatic N) is 1. The second kappa shape index (κ2) is 7.05. The Morgan fingerprint density at radius 2 is 2.00 bits per heavy atom. The number of para-hydroxylation sites is 1. The van der Waals surface area contributed by atoms with Crippen LogP contribution in [-0.4, -0.2) is 25.0 Å². The second-order valence-electron chi connectivity index (χ2n) is 5.53. The Morgan fingerprint density at radius 3 is 2.71 bits per heavy atom. The van der Waals surface area contributed by atoms with Gasteiger partial charge in [-0.25, -0.2) is 0 Å². The Balaban J connectivity index is 1.75. The summed E-state index contributed by atoms with van der Waals surface area (Å²) in [6, 6.07) is 12.9. The molecule has 0 radical (unpaired) electrons. The van der Waals surface area contributed by atoms with Crippen molar-refractivity contribution in [3.05, 3.63) is 52.5 Å². The number of benzene rings is 2. The standard InChI is InChI=1S/C18H17BrN2O3/c1-12(22)21-8-7-13-9-14(19)10-16(18(13)21)20-17(23)11-24-15-5-3-2-4-6-15/h2-6,9-10H,7-8,11H2,1H3,(H,20,23). The molecule has 1 aliphatic rings. The fourth-order valence-corrected chi connectivity index (χ4v) is 3.28. The van der Waals surface area contributed by atoms with Crippen molar-refractivity contribution in [3.8, 4) is 5.75 Å². The number of amides is 2. The van der Waals surface area contributed by atoms with Gasteiger partial charge in [-0.2, -0.15) is 0 Å². The second-order valence-corrected chi connectivity index (χ2v) is 6.45. The van der Waals surface area contributed by atoms with Crippen LogP contribution in [0.5, 0.6) is 5.75 Å². The highest BCUT2D eigenvalue weighted by Gasteiger charge is 2.26. The van der Waals surface area contributed by atoms with Crippen LogP contribution in [0.25, 0.3) is 0 Å². The van der Waals surface area contributed by atoms with Gasteiger partial charge in [0.1, 0.15) is 5.75 Å². The van der Waals surface area contributed by atoms with Gasteiger partial charge in [-0.15, -0.1) is 0 Å². The Morgan fingerprint density at radius 1 is 1.25 bits per heavy atom. The van der Waals surface area contributed by atoms with E-state index >= 15 is 0 Å². The lowest BCUT2D eigenvalue weighted by Crippen LogP contribution is -2.28. The molecule has 0 aromatic heterocycles. The first-order valence-electron chi connectivity index (χ1n) is 7.63. The van der Waals surface area contributed by atoms with E-state index in [0.717, 1.165) is 22.1 Å². The van der Waals surface area contributed by atoms with Crippen molar-refractivity contribution >= 4 is 39.1 Å². The molecule has 1 heterocycles. The van der Waals surface area contributed by atoms with Crippen LogP contribution in [0.15, 0.2) is 46.9 Å². The summed E-state index contributed by atoms with van der Waals surface area (Å²) in [6.45, 7) is 2.07. The molecule has 24 heavy (non-hydrogen) atoms. The summed E-state index contributed by atoms with van der Waals surface area (Å²) in [5.41, 5.74) is 2.44. The van der Waals surface area contributed by atoms with E-state index < -0.39 is 0 Å². The summed E-state index contributed by atoms with van der Waals surface area (Å²) in [7, 11) is 0. The van der Waals surface area contributed by atoms with Crippen molar-refractivity contribution in [3.63, 3.8) is 0 Å². The fourth-order valence-electron chi connectivity index (χ4n) is 2.77. The van der Waals surface area contributed by atoms with Crippen molar-refractivity contribution in [2.24, 2.45) is 0 Å². The van der Waals surface area contributed by atoms with Gasteiger partial charge in [-0.1, -0.05) is 34.1 Å². The summed E-state index contributed by atoms with van der Waals surface area (Å²) >= 11 is 3.45. The quantitative estimate of drug-likeness (QED) is 0.873. The highest BCUT2D eigenvalue weighted by atomic mass is 79.9. The van der Waals surface area contributed by atoms with E-state index in [1.807, 2.05) is 24.3 Å². The largest absolute Gasteiger partial charge is 0.484 e. The van der Waals surface area contributed by atoms with Crippen molar-refractivity contribution in [1.29, 1.82) is 0 Å². The molecule has 0 aliphatic carbocycles. The van der Waals surface area contributed by atoms with E-state index in [-0.39, 0.29) is 18.4 Å². The van der Waals surface area contributed by atoms with Crippen LogP contribution in [0, 0.1) is 0 Å². The zero-order chi connectivity index (χ0) is 17.1. The van der Waals surface area contributed by atoms with Crippen molar-refractivity contribution < 1.29 is 14.3 Å². The van der Waals surface area contributed by atoms with E-state index in [1.54, 1.807) is 23.1 Å². The number of anilines is 2. The molecule has 0 unspecified atom stereocenters. The molecule has 2 aromatic rings. The first-order valence-corrected chi connectivity index (χ1v) is 8.42. The van der Waals surface area contributed by atoms with Gasteiger partial charge < -0.3 is 15.0 Å². The molecule has 124 valence electrons. The molecule has 5 nitrogen and oxygen atoms in total. The number of hydrogen-bond acceptors (Lipinski definition) is 3. The van der Waals surface area contributed by atoms with Crippen LogP contribution >= 0.6 is 15.9 Å². The SMILES string of the molecule is CC(=O)N1CCc2cc(Br)cc(NC(=O)COc3ccccc3)c21. The van der Waals surface area contributed by atoms with Crippen molar-refractivity contribution in [2.45, 2.75) is 13.3 Å². The summed E-state index contributed by atoms with van der Waals surface area (Å²) in [4.78, 5) is 25.7. The Labute approximate surface area is 148 Å². The summed E-state index contributed by atoms with van der Waals surface area (Å²) in [5, 5.41) is 2.85. The third-order valence-electron chi connectivity index (χ3n) is 3.80. The highest BCUT2D eigenvalue weighted by molar-refractivity contribution is 9.10. The first kappa shape index (κ1) is 16.5. The number of carbonyl (C=O) groups excluding carboxylic acids is 2. The van der Waals surface area contributed by atoms with E-state index in [2.05, 4.69) is 21.2 Å². The molecule has 1 N–H and O–H groups in total. The molecule has 0 fully saturated rings. The van der Waals surface area contributed by atoms with E-state index in [1.165, 1.54) is 6.92 Å². The van der Waals surface area contributed by atoms with Gasteiger partial charge in [0.2, 0.25) is 5.91 Å². The number of ether oxygens (including phenoxy) is 1. The molecule has 2 amide bonds. The molecular formula is C18H17BrN2O3. The number of halogens is 1. The summed E-state index contributed by atoms with van der Waals surface area (Å²) < 4.78 is 6.33. The zero-order valence-corrected chi connectivity index (χ0v) is 14.8. The van der Waals surface area contributed by atoms with Crippen LogP contribution in [0.2, 0.25) is 0 Å². The van der Waals surface area contributed by atoms with Gasteiger partial charge in [-0.3, -0.25) is 9.59 Å². The molecule has 1 aliphatic heterocycles. The number of rotatable bonds is 4. The van der Waals surface area contributed by atoms with Gasteiger partial charge in [0.15, 0.2) is 6.61 Å². The third kappa shape index (κ3) is 3.59. The topological polar surface area (TPSA) is 58.6 Å². The molecule has 0 saturated carbocycles. The fraction of sp³-hybridized carbons (Fsp3) is 0.222. The van der Waals surface area contributed by atoms with E-state index in [4.69, 9.17) is 4.74 Å². The minimum Gasteiger partial charge on any atom is -0.484 e. The molecule has 0 atom stereocenters. The van der Waals surface area contributed by atoms with Gasteiger partial charge >= 0.3 is 0 Å². The maximum atomic E-state index is 12.2. The summed E-state index contributed by atoms with van der Waals surface area (Å²) in [5.74, 6) is 0.333. The molecule has 3 rings (SSSR count).